The van der Waals surface area contributed by atoms with Crippen molar-refractivity contribution in [1.29, 1.82) is 0 Å². The standard InChI is InChI=1S/C10H13NO3/c1-2-3-4-14-9-5-8(10(12)13)6-11-7-9/h5-7H,2-4H2,1H3,(H,12,13). The smallest absolute Gasteiger partial charge is 0.337 e. The molecule has 0 bridgehead atoms. The lowest BCUT2D eigenvalue weighted by atomic mass is 10.3. The number of rotatable bonds is 5. The number of aromatic nitrogens is 1. The highest BCUT2D eigenvalue weighted by Crippen LogP contribution is 2.11. The van der Waals surface area contributed by atoms with Crippen LogP contribution in [0, 0.1) is 0 Å². The van der Waals surface area contributed by atoms with Gasteiger partial charge >= 0.3 is 5.97 Å². The molecule has 0 radical (unpaired) electrons. The minimum atomic E-state index is -0.988. The van der Waals surface area contributed by atoms with Crippen LogP contribution in [0.1, 0.15) is 30.1 Å². The zero-order chi connectivity index (χ0) is 10.4. The van der Waals surface area contributed by atoms with E-state index in [0.29, 0.717) is 12.4 Å². The predicted molar refractivity (Wildman–Crippen MR) is 51.6 cm³/mol. The fourth-order valence-electron chi connectivity index (χ4n) is 0.949. The molecule has 0 saturated heterocycles. The number of unbranched alkanes of at least 4 members (excludes halogenated alkanes) is 1. The number of nitrogens with zero attached hydrogens (tertiary/aromatic N) is 1. The number of carboxylic acids is 1. The van der Waals surface area contributed by atoms with Crippen molar-refractivity contribution in [1.82, 2.24) is 4.98 Å². The molecule has 1 rings (SSSR count). The van der Waals surface area contributed by atoms with Crippen LogP contribution in [0.5, 0.6) is 5.75 Å². The first kappa shape index (κ1) is 10.5. The Morgan fingerprint density at radius 2 is 2.36 bits per heavy atom. The molecule has 4 nitrogen and oxygen atoms in total. The van der Waals surface area contributed by atoms with Crippen molar-refractivity contribution in [2.45, 2.75) is 19.8 Å². The van der Waals surface area contributed by atoms with Crippen LogP contribution >= 0.6 is 0 Å². The summed E-state index contributed by atoms with van der Waals surface area (Å²) in [6, 6.07) is 1.48. The lowest BCUT2D eigenvalue weighted by molar-refractivity contribution is 0.0696. The second kappa shape index (κ2) is 5.21. The van der Waals surface area contributed by atoms with Crippen LogP contribution in [0.4, 0.5) is 0 Å². The highest BCUT2D eigenvalue weighted by Gasteiger charge is 2.04. The number of carboxylic acid groups (broad SMARTS) is 1. The van der Waals surface area contributed by atoms with Gasteiger partial charge in [-0.05, 0) is 12.5 Å². The Bertz CT molecular complexity index is 312. The number of ether oxygens (including phenoxy) is 1. The molecule has 1 heterocycles. The van der Waals surface area contributed by atoms with E-state index in [0.717, 1.165) is 12.8 Å². The van der Waals surface area contributed by atoms with E-state index in [4.69, 9.17) is 9.84 Å². The monoisotopic (exact) mass is 195 g/mol. The van der Waals surface area contributed by atoms with Gasteiger partial charge in [-0.1, -0.05) is 13.3 Å². The van der Waals surface area contributed by atoms with Crippen LogP contribution in [0.15, 0.2) is 18.5 Å². The number of hydrogen-bond donors (Lipinski definition) is 1. The third-order valence-corrected chi connectivity index (χ3v) is 1.73. The molecule has 1 aromatic heterocycles. The summed E-state index contributed by atoms with van der Waals surface area (Å²) in [5, 5.41) is 8.69. The van der Waals surface area contributed by atoms with Gasteiger partial charge in [-0.2, -0.15) is 0 Å². The lowest BCUT2D eigenvalue weighted by Crippen LogP contribution is -2.01. The molecule has 0 unspecified atom stereocenters. The van der Waals surface area contributed by atoms with Gasteiger partial charge in [0.05, 0.1) is 18.4 Å². The normalized spacial score (nSPS) is 9.79. The van der Waals surface area contributed by atoms with Gasteiger partial charge in [-0.25, -0.2) is 4.79 Å². The van der Waals surface area contributed by atoms with E-state index in [1.54, 1.807) is 0 Å². The first-order valence-electron chi connectivity index (χ1n) is 4.55. The Labute approximate surface area is 82.5 Å². The van der Waals surface area contributed by atoms with Gasteiger partial charge in [0.15, 0.2) is 0 Å². The van der Waals surface area contributed by atoms with Crippen LogP contribution in [-0.2, 0) is 0 Å². The van der Waals surface area contributed by atoms with Crippen molar-refractivity contribution in [2.24, 2.45) is 0 Å². The third kappa shape index (κ3) is 3.05. The highest BCUT2D eigenvalue weighted by atomic mass is 16.5. The molecule has 0 amide bonds. The zero-order valence-electron chi connectivity index (χ0n) is 8.06. The van der Waals surface area contributed by atoms with Gasteiger partial charge < -0.3 is 9.84 Å². The van der Waals surface area contributed by atoms with E-state index in [-0.39, 0.29) is 5.56 Å². The number of pyridine rings is 1. The van der Waals surface area contributed by atoms with Crippen LogP contribution in [0.2, 0.25) is 0 Å². The molecule has 0 saturated carbocycles. The molecule has 4 heteroatoms. The van der Waals surface area contributed by atoms with Gasteiger partial charge in [-0.3, -0.25) is 4.98 Å². The second-order valence-corrected chi connectivity index (χ2v) is 2.92. The fourth-order valence-corrected chi connectivity index (χ4v) is 0.949. The summed E-state index contributed by atoms with van der Waals surface area (Å²) in [6.07, 6.45) is 4.82. The molecule has 0 aromatic carbocycles. The van der Waals surface area contributed by atoms with Crippen molar-refractivity contribution in [2.75, 3.05) is 6.61 Å². The molecule has 14 heavy (non-hydrogen) atoms. The Balaban J connectivity index is 2.59. The van der Waals surface area contributed by atoms with Crippen molar-refractivity contribution >= 4 is 5.97 Å². The van der Waals surface area contributed by atoms with Crippen LogP contribution in [0.25, 0.3) is 0 Å². The van der Waals surface area contributed by atoms with Crippen LogP contribution in [-0.4, -0.2) is 22.7 Å². The molecule has 0 aliphatic rings. The highest BCUT2D eigenvalue weighted by molar-refractivity contribution is 5.87. The van der Waals surface area contributed by atoms with Crippen LogP contribution < -0.4 is 4.74 Å². The third-order valence-electron chi connectivity index (χ3n) is 1.73. The summed E-state index contributed by atoms with van der Waals surface area (Å²) >= 11 is 0. The Morgan fingerprint density at radius 1 is 1.57 bits per heavy atom. The quantitative estimate of drug-likeness (QED) is 0.729. The molecule has 0 aliphatic carbocycles. The van der Waals surface area contributed by atoms with Crippen molar-refractivity contribution in [3.63, 3.8) is 0 Å². The Kier molecular flexibility index (Phi) is 3.91. The van der Waals surface area contributed by atoms with Gasteiger partial charge in [0.2, 0.25) is 0 Å². The van der Waals surface area contributed by atoms with E-state index in [9.17, 15) is 4.79 Å². The van der Waals surface area contributed by atoms with E-state index in [2.05, 4.69) is 11.9 Å². The molecule has 0 fully saturated rings. The van der Waals surface area contributed by atoms with Gasteiger partial charge in [0.25, 0.3) is 0 Å². The molecule has 0 atom stereocenters. The summed E-state index contributed by atoms with van der Waals surface area (Å²) in [6.45, 7) is 2.66. The number of aromatic carboxylic acids is 1. The average molecular weight is 195 g/mol. The maximum atomic E-state index is 10.6. The molecule has 76 valence electrons. The number of hydrogen-bond acceptors (Lipinski definition) is 3. The minimum Gasteiger partial charge on any atom is -0.492 e. The maximum absolute atomic E-state index is 10.6. The van der Waals surface area contributed by atoms with Crippen LogP contribution in [0.3, 0.4) is 0 Å². The molecule has 1 N–H and O–H groups in total. The summed E-state index contributed by atoms with van der Waals surface area (Å²) in [7, 11) is 0. The Morgan fingerprint density at radius 3 is 3.00 bits per heavy atom. The van der Waals surface area contributed by atoms with E-state index in [1.807, 2.05) is 0 Å². The topological polar surface area (TPSA) is 59.4 Å². The molecular formula is C10H13NO3. The van der Waals surface area contributed by atoms with Crippen molar-refractivity contribution in [3.05, 3.63) is 24.0 Å². The second-order valence-electron chi connectivity index (χ2n) is 2.92. The first-order chi connectivity index (χ1) is 6.74. The first-order valence-corrected chi connectivity index (χ1v) is 4.55. The van der Waals surface area contributed by atoms with Crippen molar-refractivity contribution in [3.8, 4) is 5.75 Å². The number of carbonyl (C=O) groups is 1. The molecule has 1 aromatic rings. The summed E-state index contributed by atoms with van der Waals surface area (Å²) in [4.78, 5) is 14.4. The van der Waals surface area contributed by atoms with Gasteiger partial charge in [0, 0.05) is 6.20 Å². The summed E-state index contributed by atoms with van der Waals surface area (Å²) in [5.74, 6) is -0.475. The summed E-state index contributed by atoms with van der Waals surface area (Å²) < 4.78 is 5.31. The fraction of sp³-hybridized carbons (Fsp3) is 0.400. The van der Waals surface area contributed by atoms with E-state index >= 15 is 0 Å². The summed E-state index contributed by atoms with van der Waals surface area (Å²) in [5.41, 5.74) is 0.152. The van der Waals surface area contributed by atoms with E-state index in [1.165, 1.54) is 18.5 Å². The van der Waals surface area contributed by atoms with Crippen molar-refractivity contribution < 1.29 is 14.6 Å². The van der Waals surface area contributed by atoms with E-state index < -0.39 is 5.97 Å². The molecule has 0 spiro atoms. The molecular weight excluding hydrogens is 182 g/mol. The SMILES string of the molecule is CCCCOc1cncc(C(=O)O)c1. The Hall–Kier alpha value is -1.58. The predicted octanol–water partition coefficient (Wildman–Crippen LogP) is 1.96. The molecule has 0 aliphatic heterocycles. The zero-order valence-corrected chi connectivity index (χ0v) is 8.06. The largest absolute Gasteiger partial charge is 0.492 e. The lowest BCUT2D eigenvalue weighted by Gasteiger charge is -2.04. The minimum absolute atomic E-state index is 0.152. The average Bonchev–Trinajstić information content (AvgIpc) is 2.19. The maximum Gasteiger partial charge on any atom is 0.337 e. The van der Waals surface area contributed by atoms with Gasteiger partial charge in [-0.15, -0.1) is 0 Å². The van der Waals surface area contributed by atoms with Gasteiger partial charge in [0.1, 0.15) is 5.75 Å².